The molecule has 1 heterocycles. The van der Waals surface area contributed by atoms with Crippen molar-refractivity contribution in [3.05, 3.63) is 63.5 Å². The third-order valence-electron chi connectivity index (χ3n) is 3.27. The van der Waals surface area contributed by atoms with Gasteiger partial charge in [-0.05, 0) is 31.0 Å². The van der Waals surface area contributed by atoms with Crippen LogP contribution >= 0.6 is 0 Å². The largest absolute Gasteiger partial charge is 0.350 e. The van der Waals surface area contributed by atoms with Crippen LogP contribution in [0.15, 0.2) is 36.7 Å². The molecule has 0 aliphatic carbocycles. The van der Waals surface area contributed by atoms with Gasteiger partial charge in [-0.15, -0.1) is 0 Å². The lowest BCUT2D eigenvalue weighted by molar-refractivity contribution is -0.385. The van der Waals surface area contributed by atoms with Crippen LogP contribution in [0, 0.1) is 17.0 Å². The van der Waals surface area contributed by atoms with Crippen molar-refractivity contribution in [1.29, 1.82) is 0 Å². The zero-order chi connectivity index (χ0) is 14.0. The number of hydrogen-bond donors (Lipinski definition) is 1. The Labute approximate surface area is 111 Å². The summed E-state index contributed by atoms with van der Waals surface area (Å²) in [6, 6.07) is 7.12. The van der Waals surface area contributed by atoms with Gasteiger partial charge in [0, 0.05) is 36.6 Å². The van der Waals surface area contributed by atoms with E-state index in [1.54, 1.807) is 13.0 Å². The second-order valence-electron chi connectivity index (χ2n) is 4.72. The molecule has 1 atom stereocenters. The average Bonchev–Trinajstić information content (AvgIpc) is 2.80. The molecule has 19 heavy (non-hydrogen) atoms. The Hall–Kier alpha value is -2.14. The summed E-state index contributed by atoms with van der Waals surface area (Å²) < 4.78 is 1.99. The van der Waals surface area contributed by atoms with Crippen molar-refractivity contribution in [3.8, 4) is 0 Å². The summed E-state index contributed by atoms with van der Waals surface area (Å²) in [6.07, 6.45) is 3.92. The molecule has 1 aromatic heterocycles. The summed E-state index contributed by atoms with van der Waals surface area (Å²) in [5.74, 6) is 0. The molecule has 0 amide bonds. The van der Waals surface area contributed by atoms with Gasteiger partial charge < -0.3 is 10.3 Å². The van der Waals surface area contributed by atoms with Gasteiger partial charge in [-0.25, -0.2) is 0 Å². The van der Waals surface area contributed by atoms with Crippen LogP contribution in [-0.2, 0) is 6.54 Å². The molecule has 0 fully saturated rings. The molecule has 1 unspecified atom stereocenters. The van der Waals surface area contributed by atoms with Crippen molar-refractivity contribution >= 4 is 5.69 Å². The predicted octanol–water partition coefficient (Wildman–Crippen LogP) is 2.77. The molecule has 5 heteroatoms. The highest BCUT2D eigenvalue weighted by Crippen LogP contribution is 2.22. The topological polar surface area (TPSA) is 74.1 Å². The van der Waals surface area contributed by atoms with Gasteiger partial charge in [0.2, 0.25) is 0 Å². The van der Waals surface area contributed by atoms with Crippen molar-refractivity contribution in [2.45, 2.75) is 26.4 Å². The first-order valence-corrected chi connectivity index (χ1v) is 6.13. The second-order valence-corrected chi connectivity index (χ2v) is 4.72. The summed E-state index contributed by atoms with van der Waals surface area (Å²) in [5.41, 5.74) is 8.69. The van der Waals surface area contributed by atoms with Crippen LogP contribution in [0.1, 0.15) is 29.7 Å². The minimum Gasteiger partial charge on any atom is -0.350 e. The molecule has 0 spiro atoms. The molecule has 0 aliphatic heterocycles. The first-order chi connectivity index (χ1) is 8.99. The lowest BCUT2D eigenvalue weighted by Crippen LogP contribution is -2.04. The zero-order valence-corrected chi connectivity index (χ0v) is 11.0. The van der Waals surface area contributed by atoms with E-state index >= 15 is 0 Å². The fraction of sp³-hybridized carbons (Fsp3) is 0.286. The molecule has 5 nitrogen and oxygen atoms in total. The Morgan fingerprint density at radius 1 is 1.42 bits per heavy atom. The lowest BCUT2D eigenvalue weighted by Gasteiger charge is -2.07. The first kappa shape index (κ1) is 13.3. The summed E-state index contributed by atoms with van der Waals surface area (Å²) in [7, 11) is 0. The summed E-state index contributed by atoms with van der Waals surface area (Å²) in [4.78, 5) is 10.6. The average molecular weight is 259 g/mol. The van der Waals surface area contributed by atoms with E-state index in [1.165, 1.54) is 6.07 Å². The molecule has 2 aromatic rings. The lowest BCUT2D eigenvalue weighted by atomic mass is 10.1. The van der Waals surface area contributed by atoms with E-state index in [4.69, 9.17) is 5.73 Å². The molecule has 2 rings (SSSR count). The maximum atomic E-state index is 10.9. The van der Waals surface area contributed by atoms with Gasteiger partial charge in [0.25, 0.3) is 5.69 Å². The van der Waals surface area contributed by atoms with E-state index in [1.807, 2.05) is 36.0 Å². The standard InChI is InChI=1S/C14H17N3O2/c1-10-12(4-3-5-14(10)17(18)19)8-16-7-6-13(9-16)11(2)15/h3-7,9,11H,8,15H2,1-2H3. The normalized spacial score (nSPS) is 12.4. The third-order valence-corrected chi connectivity index (χ3v) is 3.27. The summed E-state index contributed by atoms with van der Waals surface area (Å²) in [5, 5.41) is 10.9. The Morgan fingerprint density at radius 3 is 2.74 bits per heavy atom. The van der Waals surface area contributed by atoms with Gasteiger partial charge in [-0.1, -0.05) is 12.1 Å². The summed E-state index contributed by atoms with van der Waals surface area (Å²) in [6.45, 7) is 4.32. The van der Waals surface area contributed by atoms with Gasteiger partial charge in [-0.3, -0.25) is 10.1 Å². The molecule has 2 N–H and O–H groups in total. The predicted molar refractivity (Wildman–Crippen MR) is 74.0 cm³/mol. The molecular weight excluding hydrogens is 242 g/mol. The van der Waals surface area contributed by atoms with Gasteiger partial charge >= 0.3 is 0 Å². The minimum absolute atomic E-state index is 0.00698. The first-order valence-electron chi connectivity index (χ1n) is 6.13. The van der Waals surface area contributed by atoms with E-state index in [0.717, 1.165) is 11.1 Å². The van der Waals surface area contributed by atoms with Gasteiger partial charge in [0.05, 0.1) is 4.92 Å². The monoisotopic (exact) mass is 259 g/mol. The number of nitrogens with two attached hydrogens (primary N) is 1. The maximum absolute atomic E-state index is 10.9. The van der Waals surface area contributed by atoms with E-state index in [0.29, 0.717) is 12.1 Å². The van der Waals surface area contributed by atoms with Crippen molar-refractivity contribution in [3.63, 3.8) is 0 Å². The Kier molecular flexibility index (Phi) is 3.66. The van der Waals surface area contributed by atoms with Gasteiger partial charge in [-0.2, -0.15) is 0 Å². The Balaban J connectivity index is 2.28. The van der Waals surface area contributed by atoms with Crippen molar-refractivity contribution in [2.24, 2.45) is 5.73 Å². The van der Waals surface area contributed by atoms with Crippen LogP contribution in [0.3, 0.4) is 0 Å². The van der Waals surface area contributed by atoms with Crippen molar-refractivity contribution < 1.29 is 4.92 Å². The van der Waals surface area contributed by atoms with Crippen LogP contribution < -0.4 is 5.73 Å². The number of aromatic nitrogens is 1. The van der Waals surface area contributed by atoms with Gasteiger partial charge in [0.1, 0.15) is 0 Å². The van der Waals surface area contributed by atoms with Crippen LogP contribution in [-0.4, -0.2) is 9.49 Å². The Morgan fingerprint density at radius 2 is 2.16 bits per heavy atom. The van der Waals surface area contributed by atoms with E-state index < -0.39 is 0 Å². The number of benzene rings is 1. The molecular formula is C14H17N3O2. The van der Waals surface area contributed by atoms with Crippen LogP contribution in [0.5, 0.6) is 0 Å². The summed E-state index contributed by atoms with van der Waals surface area (Å²) >= 11 is 0. The van der Waals surface area contributed by atoms with Crippen molar-refractivity contribution in [1.82, 2.24) is 4.57 Å². The molecule has 0 bridgehead atoms. The molecule has 0 aliphatic rings. The minimum atomic E-state index is -0.345. The van der Waals surface area contributed by atoms with Crippen molar-refractivity contribution in [2.75, 3.05) is 0 Å². The number of hydrogen-bond acceptors (Lipinski definition) is 3. The van der Waals surface area contributed by atoms with Crippen LogP contribution in [0.2, 0.25) is 0 Å². The fourth-order valence-corrected chi connectivity index (χ4v) is 2.06. The van der Waals surface area contributed by atoms with Gasteiger partial charge in [0.15, 0.2) is 0 Å². The second kappa shape index (κ2) is 5.24. The highest BCUT2D eigenvalue weighted by atomic mass is 16.6. The van der Waals surface area contributed by atoms with E-state index in [-0.39, 0.29) is 16.7 Å². The quantitative estimate of drug-likeness (QED) is 0.677. The molecule has 0 saturated carbocycles. The zero-order valence-electron chi connectivity index (χ0n) is 11.0. The maximum Gasteiger partial charge on any atom is 0.272 e. The molecule has 0 radical (unpaired) electrons. The van der Waals surface area contributed by atoms with Crippen LogP contribution in [0.4, 0.5) is 5.69 Å². The smallest absolute Gasteiger partial charge is 0.272 e. The van der Waals surface area contributed by atoms with E-state index in [9.17, 15) is 10.1 Å². The molecule has 1 aromatic carbocycles. The van der Waals surface area contributed by atoms with E-state index in [2.05, 4.69) is 0 Å². The molecule has 100 valence electrons. The van der Waals surface area contributed by atoms with Crippen LogP contribution in [0.25, 0.3) is 0 Å². The third kappa shape index (κ3) is 2.82. The molecule has 0 saturated heterocycles. The number of nitro benzene ring substituents is 1. The fourth-order valence-electron chi connectivity index (χ4n) is 2.06. The Bertz CT molecular complexity index is 602. The highest BCUT2D eigenvalue weighted by Gasteiger charge is 2.13. The number of nitrogens with zero attached hydrogens (tertiary/aromatic N) is 2. The highest BCUT2D eigenvalue weighted by molar-refractivity contribution is 5.44. The number of nitro groups is 1. The SMILES string of the molecule is Cc1c(Cn2ccc(C(C)N)c2)cccc1[N+](=O)[O-]. The number of rotatable bonds is 4.